The Morgan fingerprint density at radius 1 is 0.596 bits per heavy atom. The predicted molar refractivity (Wildman–Crippen MR) is 221 cm³/mol. The number of rotatable bonds is 7. The molecule has 14 nitrogen and oxygen atoms in total. The zero-order valence-corrected chi connectivity index (χ0v) is 32.6. The van der Waals surface area contributed by atoms with Gasteiger partial charge in [-0.2, -0.15) is 10.2 Å². The van der Waals surface area contributed by atoms with Crippen molar-refractivity contribution >= 4 is 44.7 Å². The normalized spacial score (nSPS) is 14.3. The Bertz CT molecular complexity index is 2540. The van der Waals surface area contributed by atoms with Gasteiger partial charge >= 0.3 is 0 Å². The van der Waals surface area contributed by atoms with Gasteiger partial charge in [-0.1, -0.05) is 54.6 Å². The van der Waals surface area contributed by atoms with E-state index in [4.69, 9.17) is 9.47 Å². The first-order chi connectivity index (χ1) is 27.7. The highest BCUT2D eigenvalue weighted by Gasteiger charge is 2.28. The molecule has 2 saturated heterocycles. The number of para-hydroxylation sites is 2. The van der Waals surface area contributed by atoms with Crippen LogP contribution in [0.2, 0.25) is 0 Å². The minimum absolute atomic E-state index is 0.142. The highest BCUT2D eigenvalue weighted by molar-refractivity contribution is 6.05. The van der Waals surface area contributed by atoms with Gasteiger partial charge in [-0.15, -0.1) is 0 Å². The van der Waals surface area contributed by atoms with Crippen molar-refractivity contribution in [1.82, 2.24) is 29.4 Å². The molecule has 0 radical (unpaired) electrons. The van der Waals surface area contributed by atoms with Gasteiger partial charge in [-0.05, 0) is 43.3 Å². The Balaban J connectivity index is 0.000000174. The van der Waals surface area contributed by atoms with Crippen LogP contribution in [0.1, 0.15) is 27.9 Å². The summed E-state index contributed by atoms with van der Waals surface area (Å²) in [5, 5.41) is 10.8. The fraction of sp³-hybridized carbons (Fsp3) is 0.302. The zero-order valence-electron chi connectivity index (χ0n) is 32.6. The fourth-order valence-electron chi connectivity index (χ4n) is 7.34. The van der Waals surface area contributed by atoms with Gasteiger partial charge in [0.05, 0.1) is 30.2 Å². The van der Waals surface area contributed by atoms with E-state index in [1.165, 1.54) is 9.36 Å². The molecule has 294 valence electrons. The van der Waals surface area contributed by atoms with E-state index in [1.807, 2.05) is 67.6 Å². The molecule has 2 amide bonds. The van der Waals surface area contributed by atoms with Gasteiger partial charge in [-0.3, -0.25) is 19.2 Å². The van der Waals surface area contributed by atoms with Gasteiger partial charge in [0.25, 0.3) is 22.9 Å². The molecule has 0 unspecified atom stereocenters. The number of benzene rings is 4. The minimum atomic E-state index is -0.200. The Labute approximate surface area is 330 Å². The minimum Gasteiger partial charge on any atom is -0.497 e. The van der Waals surface area contributed by atoms with Gasteiger partial charge in [0.1, 0.15) is 11.5 Å². The molecule has 57 heavy (non-hydrogen) atoms. The summed E-state index contributed by atoms with van der Waals surface area (Å²) in [6, 6.07) is 30.2. The summed E-state index contributed by atoms with van der Waals surface area (Å²) in [7, 11) is 4.81. The molecule has 0 atom stereocenters. The SMILES string of the molecule is CCOc1ccccc1N1CCN(C(=O)c2nn(C)c(=O)c3ccccc23)CC1.COc1cccc(N2CCN(C(=O)c3nn(C)c(=O)c4ccccc34)CC2)c1. The molecule has 14 heteroatoms. The lowest BCUT2D eigenvalue weighted by Gasteiger charge is -2.36. The second kappa shape index (κ2) is 17.0. The molecule has 0 saturated carbocycles. The predicted octanol–water partition coefficient (Wildman–Crippen LogP) is 4.20. The van der Waals surface area contributed by atoms with E-state index < -0.39 is 0 Å². The molecule has 6 aromatic rings. The largest absolute Gasteiger partial charge is 0.497 e. The third kappa shape index (κ3) is 8.02. The lowest BCUT2D eigenvalue weighted by Crippen LogP contribution is -2.49. The summed E-state index contributed by atoms with van der Waals surface area (Å²) in [5.74, 6) is 1.39. The van der Waals surface area contributed by atoms with E-state index in [0.717, 1.165) is 36.0 Å². The van der Waals surface area contributed by atoms with E-state index in [0.29, 0.717) is 78.8 Å². The van der Waals surface area contributed by atoms with Crippen LogP contribution >= 0.6 is 0 Å². The Morgan fingerprint density at radius 2 is 1.07 bits per heavy atom. The molecule has 2 aromatic heterocycles. The van der Waals surface area contributed by atoms with Crippen molar-refractivity contribution in [2.24, 2.45) is 14.1 Å². The lowest BCUT2D eigenvalue weighted by molar-refractivity contribution is 0.0733. The number of aromatic nitrogens is 4. The van der Waals surface area contributed by atoms with Crippen LogP contribution in [-0.4, -0.2) is 107 Å². The molecule has 0 bridgehead atoms. The molecule has 2 fully saturated rings. The molecule has 0 aliphatic carbocycles. The van der Waals surface area contributed by atoms with Crippen LogP contribution in [0.15, 0.2) is 107 Å². The summed E-state index contributed by atoms with van der Waals surface area (Å²) in [4.78, 5) is 59.0. The summed E-state index contributed by atoms with van der Waals surface area (Å²) >= 11 is 0. The molecule has 0 spiro atoms. The van der Waals surface area contributed by atoms with Crippen LogP contribution in [0.4, 0.5) is 11.4 Å². The van der Waals surface area contributed by atoms with Crippen molar-refractivity contribution in [1.29, 1.82) is 0 Å². The standard InChI is InChI=1S/C22H24N4O3.C21H22N4O3/c1-3-29-19-11-7-6-10-18(19)25-12-14-26(15-13-25)22(28)20-16-8-4-5-9-17(16)21(27)24(2)23-20;1-23-20(26)18-9-4-3-8-17(18)19(22-23)21(27)25-12-10-24(11-13-25)15-6-5-7-16(14-15)28-2/h4-11H,3,12-15H2,1-2H3;3-9,14H,10-13H2,1-2H3. The van der Waals surface area contributed by atoms with Crippen LogP contribution in [0.3, 0.4) is 0 Å². The summed E-state index contributed by atoms with van der Waals surface area (Å²) < 4.78 is 13.5. The van der Waals surface area contributed by atoms with Gasteiger partial charge in [-0.25, -0.2) is 9.36 Å². The van der Waals surface area contributed by atoms with Crippen molar-refractivity contribution in [2.45, 2.75) is 6.92 Å². The molecular formula is C43H46N8O6. The van der Waals surface area contributed by atoms with Crippen LogP contribution < -0.4 is 30.4 Å². The highest BCUT2D eigenvalue weighted by atomic mass is 16.5. The van der Waals surface area contributed by atoms with Gasteiger partial charge < -0.3 is 29.1 Å². The molecule has 2 aliphatic rings. The number of ether oxygens (including phenoxy) is 2. The van der Waals surface area contributed by atoms with Crippen molar-refractivity contribution < 1.29 is 19.1 Å². The van der Waals surface area contributed by atoms with Crippen molar-refractivity contribution in [3.8, 4) is 11.5 Å². The number of aryl methyl sites for hydroxylation is 2. The number of amides is 2. The summed E-state index contributed by atoms with van der Waals surface area (Å²) in [6.45, 7) is 7.79. The van der Waals surface area contributed by atoms with E-state index in [1.54, 1.807) is 67.4 Å². The van der Waals surface area contributed by atoms with E-state index in [-0.39, 0.29) is 22.9 Å². The Morgan fingerprint density at radius 3 is 1.58 bits per heavy atom. The summed E-state index contributed by atoms with van der Waals surface area (Å²) in [5.41, 5.74) is 2.38. The van der Waals surface area contributed by atoms with Crippen molar-refractivity contribution in [3.63, 3.8) is 0 Å². The van der Waals surface area contributed by atoms with Gasteiger partial charge in [0.15, 0.2) is 11.4 Å². The number of methoxy groups -OCH3 is 1. The number of carbonyl (C=O) groups is 2. The Hall–Kier alpha value is -6.70. The molecule has 2 aliphatic heterocycles. The molecule has 4 heterocycles. The fourth-order valence-corrected chi connectivity index (χ4v) is 7.34. The maximum atomic E-state index is 13.2. The van der Waals surface area contributed by atoms with Crippen LogP contribution in [0.5, 0.6) is 11.5 Å². The van der Waals surface area contributed by atoms with Crippen LogP contribution in [-0.2, 0) is 14.1 Å². The number of fused-ring (bicyclic) bond motifs is 2. The smallest absolute Gasteiger partial charge is 0.275 e. The number of nitrogens with zero attached hydrogens (tertiary/aromatic N) is 8. The maximum absolute atomic E-state index is 13.2. The van der Waals surface area contributed by atoms with Crippen LogP contribution in [0.25, 0.3) is 21.5 Å². The molecule has 0 N–H and O–H groups in total. The summed E-state index contributed by atoms with van der Waals surface area (Å²) in [6.07, 6.45) is 0. The second-order valence-electron chi connectivity index (χ2n) is 13.8. The van der Waals surface area contributed by atoms with E-state index in [2.05, 4.69) is 20.0 Å². The monoisotopic (exact) mass is 770 g/mol. The van der Waals surface area contributed by atoms with Crippen molar-refractivity contribution in [3.05, 3.63) is 129 Å². The number of carbonyl (C=O) groups excluding carboxylic acids is 2. The zero-order chi connectivity index (χ0) is 40.1. The topological polar surface area (TPSA) is 135 Å². The number of anilines is 2. The quantitative estimate of drug-likeness (QED) is 0.233. The molecule has 4 aromatic carbocycles. The first-order valence-electron chi connectivity index (χ1n) is 19.0. The molecule has 8 rings (SSSR count). The average molecular weight is 771 g/mol. The van der Waals surface area contributed by atoms with E-state index >= 15 is 0 Å². The van der Waals surface area contributed by atoms with Crippen LogP contribution in [0, 0.1) is 0 Å². The highest BCUT2D eigenvalue weighted by Crippen LogP contribution is 2.29. The third-order valence-corrected chi connectivity index (χ3v) is 10.4. The first kappa shape index (κ1) is 38.6. The molecular weight excluding hydrogens is 725 g/mol. The average Bonchev–Trinajstić information content (AvgIpc) is 3.26. The number of hydrogen-bond acceptors (Lipinski definition) is 10. The van der Waals surface area contributed by atoms with Gasteiger partial charge in [0, 0.05) is 89.0 Å². The third-order valence-electron chi connectivity index (χ3n) is 10.4. The second-order valence-corrected chi connectivity index (χ2v) is 13.8. The van der Waals surface area contributed by atoms with E-state index in [9.17, 15) is 19.2 Å². The maximum Gasteiger partial charge on any atom is 0.275 e. The number of hydrogen-bond donors (Lipinski definition) is 0. The first-order valence-corrected chi connectivity index (χ1v) is 19.0. The Kier molecular flexibility index (Phi) is 11.5. The van der Waals surface area contributed by atoms with Gasteiger partial charge in [0.2, 0.25) is 0 Å². The van der Waals surface area contributed by atoms with Crippen molar-refractivity contribution in [2.75, 3.05) is 75.9 Å². The lowest BCUT2D eigenvalue weighted by atomic mass is 10.1. The number of piperazine rings is 2.